The van der Waals surface area contributed by atoms with Gasteiger partial charge in [-0.15, -0.1) is 0 Å². The number of rotatable bonds is 6. The first-order chi connectivity index (χ1) is 11.6. The van der Waals surface area contributed by atoms with Gasteiger partial charge >= 0.3 is 5.97 Å². The molecule has 4 nitrogen and oxygen atoms in total. The van der Waals surface area contributed by atoms with Crippen molar-refractivity contribution in [2.75, 3.05) is 0 Å². The summed E-state index contributed by atoms with van der Waals surface area (Å²) in [6, 6.07) is 0. The number of esters is 1. The van der Waals surface area contributed by atoms with Crippen LogP contribution in [0, 0.1) is 11.8 Å². The van der Waals surface area contributed by atoms with E-state index in [1.165, 1.54) is 0 Å². The van der Waals surface area contributed by atoms with E-state index in [2.05, 4.69) is 19.1 Å². The Bertz CT molecular complexity index is 480. The van der Waals surface area contributed by atoms with Gasteiger partial charge in [-0.25, -0.2) is 0 Å². The number of unbranched alkanes of at least 4 members (excludes halogenated alkanes) is 2. The van der Waals surface area contributed by atoms with Crippen LogP contribution >= 0.6 is 0 Å². The van der Waals surface area contributed by atoms with E-state index in [1.807, 2.05) is 6.08 Å². The molecule has 1 fully saturated rings. The molecule has 134 valence electrons. The highest BCUT2D eigenvalue weighted by atomic mass is 16.5. The summed E-state index contributed by atoms with van der Waals surface area (Å²) in [7, 11) is 0. The summed E-state index contributed by atoms with van der Waals surface area (Å²) in [6.45, 7) is 2.13. The topological polar surface area (TPSA) is 63.6 Å². The van der Waals surface area contributed by atoms with Gasteiger partial charge in [-0.3, -0.25) is 9.59 Å². The van der Waals surface area contributed by atoms with Crippen molar-refractivity contribution in [3.05, 3.63) is 24.3 Å². The van der Waals surface area contributed by atoms with Gasteiger partial charge in [0.1, 0.15) is 11.9 Å². The molecule has 0 spiro atoms. The molecule has 2 unspecified atom stereocenters. The summed E-state index contributed by atoms with van der Waals surface area (Å²) in [5.74, 6) is -0.345. The second-order valence-electron chi connectivity index (χ2n) is 6.94. The van der Waals surface area contributed by atoms with Crippen LogP contribution in [0.2, 0.25) is 0 Å². The number of ketones is 1. The summed E-state index contributed by atoms with van der Waals surface area (Å²) in [4.78, 5) is 24.2. The highest BCUT2D eigenvalue weighted by Crippen LogP contribution is 2.36. The standard InChI is InChI=1S/C20H30O4/c1-2-3-6-9-15(21)12-13-16-17-10-7-4-5-8-11-20(23)24-19(17)14-18(16)22/h4,7,12-13,15-17,19,21H,2-3,5-6,8-11,14H2,1H3/b7-4-,13-12+/t15-,16?,17+,19?/m0/s1. The van der Waals surface area contributed by atoms with Crippen LogP contribution in [0.1, 0.15) is 64.7 Å². The molecule has 0 radical (unpaired) electrons. The zero-order valence-corrected chi connectivity index (χ0v) is 14.7. The van der Waals surface area contributed by atoms with Crippen molar-refractivity contribution in [2.45, 2.75) is 76.9 Å². The van der Waals surface area contributed by atoms with Gasteiger partial charge in [0.2, 0.25) is 0 Å². The summed E-state index contributed by atoms with van der Waals surface area (Å²) in [5.41, 5.74) is 0. The molecule has 0 aromatic carbocycles. The molecule has 1 N–H and O–H groups in total. The molecule has 0 aromatic rings. The van der Waals surface area contributed by atoms with E-state index in [4.69, 9.17) is 4.74 Å². The van der Waals surface area contributed by atoms with E-state index in [9.17, 15) is 14.7 Å². The van der Waals surface area contributed by atoms with Gasteiger partial charge in [0.05, 0.1) is 6.10 Å². The molecule has 0 saturated heterocycles. The number of carbonyl (C=O) groups is 2. The number of aliphatic hydroxyl groups is 1. The third-order valence-corrected chi connectivity index (χ3v) is 4.97. The van der Waals surface area contributed by atoms with E-state index in [0.717, 1.165) is 44.9 Å². The van der Waals surface area contributed by atoms with Crippen LogP contribution in [0.15, 0.2) is 24.3 Å². The molecule has 1 heterocycles. The molecule has 0 amide bonds. The van der Waals surface area contributed by atoms with Crippen molar-refractivity contribution in [1.82, 2.24) is 0 Å². The number of aliphatic hydroxyl groups excluding tert-OH is 1. The van der Waals surface area contributed by atoms with E-state index in [0.29, 0.717) is 12.8 Å². The molecule has 4 atom stereocenters. The van der Waals surface area contributed by atoms with Gasteiger partial charge in [-0.2, -0.15) is 0 Å². The van der Waals surface area contributed by atoms with Gasteiger partial charge in [0.15, 0.2) is 0 Å². The number of hydrogen-bond acceptors (Lipinski definition) is 4. The van der Waals surface area contributed by atoms with Crippen molar-refractivity contribution in [3.8, 4) is 0 Å². The van der Waals surface area contributed by atoms with E-state index in [1.54, 1.807) is 6.08 Å². The fourth-order valence-corrected chi connectivity index (χ4v) is 3.54. The minimum Gasteiger partial charge on any atom is -0.462 e. The van der Waals surface area contributed by atoms with E-state index < -0.39 is 6.10 Å². The Morgan fingerprint density at radius 2 is 2.17 bits per heavy atom. The van der Waals surface area contributed by atoms with Crippen LogP contribution in [0.5, 0.6) is 0 Å². The van der Waals surface area contributed by atoms with Gasteiger partial charge in [0.25, 0.3) is 0 Å². The van der Waals surface area contributed by atoms with Gasteiger partial charge in [0, 0.05) is 24.7 Å². The fraction of sp³-hybridized carbons (Fsp3) is 0.700. The quantitative estimate of drug-likeness (QED) is 0.457. The fourth-order valence-electron chi connectivity index (χ4n) is 3.54. The summed E-state index contributed by atoms with van der Waals surface area (Å²) in [6.07, 6.45) is 14.1. The Morgan fingerprint density at radius 1 is 1.33 bits per heavy atom. The lowest BCUT2D eigenvalue weighted by Crippen LogP contribution is -2.25. The lowest BCUT2D eigenvalue weighted by atomic mass is 9.89. The largest absolute Gasteiger partial charge is 0.462 e. The van der Waals surface area contributed by atoms with Gasteiger partial charge in [-0.1, -0.05) is 50.5 Å². The zero-order chi connectivity index (χ0) is 17.4. The Labute approximate surface area is 145 Å². The highest BCUT2D eigenvalue weighted by Gasteiger charge is 2.42. The molecular formula is C20H30O4. The molecule has 2 aliphatic rings. The maximum atomic E-state index is 12.4. The second-order valence-corrected chi connectivity index (χ2v) is 6.94. The Balaban J connectivity index is 2.01. The maximum Gasteiger partial charge on any atom is 0.306 e. The van der Waals surface area contributed by atoms with Crippen LogP contribution in [0.3, 0.4) is 0 Å². The second kappa shape index (κ2) is 9.77. The Hall–Kier alpha value is -1.42. The molecule has 2 rings (SSSR count). The number of Topliss-reactive ketones (excluding diaryl/α,β-unsaturated/α-hetero) is 1. The number of fused-ring (bicyclic) bond motifs is 1. The van der Waals surface area contributed by atoms with Crippen LogP contribution in [-0.4, -0.2) is 29.1 Å². The average molecular weight is 334 g/mol. The normalized spacial score (nSPS) is 30.8. The minimum atomic E-state index is -0.499. The van der Waals surface area contributed by atoms with Crippen LogP contribution < -0.4 is 0 Å². The summed E-state index contributed by atoms with van der Waals surface area (Å²) >= 11 is 0. The first-order valence-electron chi connectivity index (χ1n) is 9.35. The summed E-state index contributed by atoms with van der Waals surface area (Å²) < 4.78 is 5.55. The first kappa shape index (κ1) is 18.9. The molecule has 0 aromatic heterocycles. The first-order valence-corrected chi connectivity index (χ1v) is 9.35. The third kappa shape index (κ3) is 5.59. The molecule has 24 heavy (non-hydrogen) atoms. The van der Waals surface area contributed by atoms with E-state index in [-0.39, 0.29) is 29.7 Å². The minimum absolute atomic E-state index is 0.00473. The van der Waals surface area contributed by atoms with Crippen molar-refractivity contribution in [1.29, 1.82) is 0 Å². The Kier molecular flexibility index (Phi) is 7.70. The molecular weight excluding hydrogens is 304 g/mol. The highest BCUT2D eigenvalue weighted by molar-refractivity contribution is 5.86. The molecule has 1 aliphatic heterocycles. The van der Waals surface area contributed by atoms with Crippen LogP contribution in [0.4, 0.5) is 0 Å². The lowest BCUT2D eigenvalue weighted by Gasteiger charge is -2.22. The maximum absolute atomic E-state index is 12.4. The number of allylic oxidation sites excluding steroid dienone is 3. The van der Waals surface area contributed by atoms with Gasteiger partial charge in [-0.05, 0) is 25.7 Å². The predicted octanol–water partition coefficient (Wildman–Crippen LogP) is 3.73. The molecule has 0 bridgehead atoms. The average Bonchev–Trinajstić information content (AvgIpc) is 2.84. The van der Waals surface area contributed by atoms with Crippen molar-refractivity contribution in [2.24, 2.45) is 11.8 Å². The van der Waals surface area contributed by atoms with Crippen molar-refractivity contribution >= 4 is 11.8 Å². The van der Waals surface area contributed by atoms with E-state index >= 15 is 0 Å². The number of carbonyl (C=O) groups excluding carboxylic acids is 2. The Morgan fingerprint density at radius 3 is 2.96 bits per heavy atom. The van der Waals surface area contributed by atoms with Crippen LogP contribution in [0.25, 0.3) is 0 Å². The predicted molar refractivity (Wildman–Crippen MR) is 93.4 cm³/mol. The summed E-state index contributed by atoms with van der Waals surface area (Å²) in [5, 5.41) is 10.0. The lowest BCUT2D eigenvalue weighted by molar-refractivity contribution is -0.151. The van der Waals surface area contributed by atoms with Crippen LogP contribution in [-0.2, 0) is 14.3 Å². The van der Waals surface area contributed by atoms with Crippen molar-refractivity contribution < 1.29 is 19.4 Å². The molecule has 4 heteroatoms. The third-order valence-electron chi connectivity index (χ3n) is 4.97. The molecule has 1 saturated carbocycles. The van der Waals surface area contributed by atoms with Gasteiger partial charge < -0.3 is 9.84 Å². The molecule has 1 aliphatic carbocycles. The van der Waals surface area contributed by atoms with Crippen molar-refractivity contribution in [3.63, 3.8) is 0 Å². The zero-order valence-electron chi connectivity index (χ0n) is 14.7. The smallest absolute Gasteiger partial charge is 0.306 e. The monoisotopic (exact) mass is 334 g/mol. The SMILES string of the molecule is CCCCC[C@H](O)/C=C/C1C(=O)CC2OC(=O)CCC/C=C\C[C@@H]21. The number of hydrogen-bond donors (Lipinski definition) is 1. The number of ether oxygens (including phenoxy) is 1.